The smallest absolute Gasteiger partial charge is 0.311 e. The molecule has 1 aliphatic carbocycles. The second kappa shape index (κ2) is 6.13. The third-order valence-corrected chi connectivity index (χ3v) is 3.82. The molecule has 1 saturated carbocycles. The first-order valence-electron chi connectivity index (χ1n) is 6.40. The molecule has 0 aromatic heterocycles. The molecule has 6 heteroatoms. The van der Waals surface area contributed by atoms with Gasteiger partial charge in [0.2, 0.25) is 0 Å². The fourth-order valence-corrected chi connectivity index (χ4v) is 2.19. The summed E-state index contributed by atoms with van der Waals surface area (Å²) in [6, 6.07) is 6.67. The lowest BCUT2D eigenvalue weighted by Crippen LogP contribution is -2.48. The molecule has 1 aliphatic rings. The molecule has 108 valence electrons. The maximum Gasteiger partial charge on any atom is 0.311 e. The van der Waals surface area contributed by atoms with E-state index in [9.17, 15) is 9.59 Å². The first kappa shape index (κ1) is 14.7. The highest BCUT2D eigenvalue weighted by Gasteiger charge is 2.44. The molecular formula is C14H16ClNO4. The van der Waals surface area contributed by atoms with Crippen LogP contribution in [0.15, 0.2) is 24.3 Å². The Morgan fingerprint density at radius 3 is 2.45 bits per heavy atom. The first-order chi connectivity index (χ1) is 9.52. The van der Waals surface area contributed by atoms with Crippen LogP contribution in [0.25, 0.3) is 0 Å². The summed E-state index contributed by atoms with van der Waals surface area (Å²) in [6.45, 7) is 0.0163. The Labute approximate surface area is 121 Å². The van der Waals surface area contributed by atoms with Crippen LogP contribution in [0, 0.1) is 5.41 Å². The highest BCUT2D eigenvalue weighted by molar-refractivity contribution is 6.30. The number of benzene rings is 1. The van der Waals surface area contributed by atoms with E-state index in [1.165, 1.54) is 0 Å². The fourth-order valence-electron chi connectivity index (χ4n) is 2.07. The summed E-state index contributed by atoms with van der Waals surface area (Å²) in [5.74, 6) is -0.628. The van der Waals surface area contributed by atoms with Crippen molar-refractivity contribution in [3.8, 4) is 5.75 Å². The number of carbonyl (C=O) groups excluding carboxylic acids is 1. The third kappa shape index (κ3) is 3.42. The number of carboxylic acids is 1. The Bertz CT molecular complexity index is 496. The Morgan fingerprint density at radius 2 is 1.95 bits per heavy atom. The number of hydrogen-bond acceptors (Lipinski definition) is 3. The number of halogens is 1. The average Bonchev–Trinajstić information content (AvgIpc) is 2.36. The summed E-state index contributed by atoms with van der Waals surface area (Å²) in [6.07, 6.45) is 2.12. The highest BCUT2D eigenvalue weighted by atomic mass is 35.5. The monoisotopic (exact) mass is 297 g/mol. The van der Waals surface area contributed by atoms with E-state index in [4.69, 9.17) is 21.4 Å². The van der Waals surface area contributed by atoms with E-state index in [0.29, 0.717) is 23.6 Å². The first-order valence-corrected chi connectivity index (χ1v) is 6.78. The van der Waals surface area contributed by atoms with Crippen molar-refractivity contribution in [1.29, 1.82) is 0 Å². The van der Waals surface area contributed by atoms with Crippen LogP contribution in [0.3, 0.4) is 0 Å². The Balaban J connectivity index is 1.75. The van der Waals surface area contributed by atoms with Gasteiger partial charge in [0.1, 0.15) is 5.75 Å². The molecule has 1 aromatic carbocycles. The Morgan fingerprint density at radius 1 is 1.30 bits per heavy atom. The lowest BCUT2D eigenvalue weighted by Gasteiger charge is -2.37. The van der Waals surface area contributed by atoms with Gasteiger partial charge in [-0.3, -0.25) is 9.59 Å². The van der Waals surface area contributed by atoms with Crippen LogP contribution in [-0.2, 0) is 9.59 Å². The predicted octanol–water partition coefficient (Wildman–Crippen LogP) is 2.09. The van der Waals surface area contributed by atoms with Gasteiger partial charge in [-0.25, -0.2) is 0 Å². The summed E-state index contributed by atoms with van der Waals surface area (Å²) >= 11 is 5.74. The summed E-state index contributed by atoms with van der Waals surface area (Å²) in [5.41, 5.74) is -0.782. The standard InChI is InChI=1S/C14H16ClNO4/c15-10-2-4-11(5-3-10)20-8-12(17)16-9-14(13(18)19)6-1-7-14/h2-5H,1,6-9H2,(H,16,17)(H,18,19). The number of amides is 1. The van der Waals surface area contributed by atoms with E-state index >= 15 is 0 Å². The van der Waals surface area contributed by atoms with Crippen molar-refractivity contribution in [3.05, 3.63) is 29.3 Å². The van der Waals surface area contributed by atoms with Crippen molar-refractivity contribution in [1.82, 2.24) is 5.32 Å². The van der Waals surface area contributed by atoms with Gasteiger partial charge in [0.05, 0.1) is 5.41 Å². The topological polar surface area (TPSA) is 75.6 Å². The lowest BCUT2D eigenvalue weighted by molar-refractivity contribution is -0.154. The predicted molar refractivity (Wildman–Crippen MR) is 73.9 cm³/mol. The van der Waals surface area contributed by atoms with Gasteiger partial charge in [-0.05, 0) is 37.1 Å². The summed E-state index contributed by atoms with van der Waals surface area (Å²) in [5, 5.41) is 12.3. The van der Waals surface area contributed by atoms with Crippen molar-refractivity contribution < 1.29 is 19.4 Å². The van der Waals surface area contributed by atoms with E-state index < -0.39 is 11.4 Å². The molecule has 1 aromatic rings. The minimum absolute atomic E-state index is 0.142. The zero-order valence-corrected chi connectivity index (χ0v) is 11.7. The second-order valence-corrected chi connectivity index (χ2v) is 5.39. The molecule has 0 spiro atoms. The number of aliphatic carboxylic acids is 1. The van der Waals surface area contributed by atoms with Crippen molar-refractivity contribution in [2.24, 2.45) is 5.41 Å². The van der Waals surface area contributed by atoms with Crippen LogP contribution in [0.5, 0.6) is 5.75 Å². The average molecular weight is 298 g/mol. The minimum atomic E-state index is -0.845. The van der Waals surface area contributed by atoms with Gasteiger partial charge < -0.3 is 15.2 Å². The van der Waals surface area contributed by atoms with Crippen LogP contribution in [0.1, 0.15) is 19.3 Å². The van der Waals surface area contributed by atoms with E-state index in [1.807, 2.05) is 0 Å². The number of carbonyl (C=O) groups is 2. The molecular weight excluding hydrogens is 282 g/mol. The normalized spacial score (nSPS) is 16.1. The number of nitrogens with one attached hydrogen (secondary N) is 1. The SMILES string of the molecule is O=C(COc1ccc(Cl)cc1)NCC1(C(=O)O)CCC1. The van der Waals surface area contributed by atoms with E-state index in [-0.39, 0.29) is 19.1 Å². The number of rotatable bonds is 6. The molecule has 5 nitrogen and oxygen atoms in total. The molecule has 0 atom stereocenters. The van der Waals surface area contributed by atoms with Gasteiger partial charge in [0.15, 0.2) is 6.61 Å². The van der Waals surface area contributed by atoms with Gasteiger partial charge in [-0.2, -0.15) is 0 Å². The van der Waals surface area contributed by atoms with E-state index in [2.05, 4.69) is 5.32 Å². The summed E-state index contributed by atoms with van der Waals surface area (Å²) in [4.78, 5) is 22.8. The lowest BCUT2D eigenvalue weighted by atomic mass is 9.69. The van der Waals surface area contributed by atoms with Crippen LogP contribution in [-0.4, -0.2) is 30.1 Å². The van der Waals surface area contributed by atoms with Crippen molar-refractivity contribution in [2.45, 2.75) is 19.3 Å². The van der Waals surface area contributed by atoms with Crippen molar-refractivity contribution >= 4 is 23.5 Å². The van der Waals surface area contributed by atoms with E-state index in [1.54, 1.807) is 24.3 Å². The molecule has 1 amide bonds. The fraction of sp³-hybridized carbons (Fsp3) is 0.429. The Hall–Kier alpha value is -1.75. The third-order valence-electron chi connectivity index (χ3n) is 3.57. The largest absolute Gasteiger partial charge is 0.484 e. The number of hydrogen-bond donors (Lipinski definition) is 2. The molecule has 0 bridgehead atoms. The maximum absolute atomic E-state index is 11.6. The van der Waals surface area contributed by atoms with Crippen molar-refractivity contribution in [3.63, 3.8) is 0 Å². The molecule has 1 fully saturated rings. The second-order valence-electron chi connectivity index (χ2n) is 4.96. The molecule has 0 radical (unpaired) electrons. The minimum Gasteiger partial charge on any atom is -0.484 e. The van der Waals surface area contributed by atoms with Crippen LogP contribution in [0.2, 0.25) is 5.02 Å². The van der Waals surface area contributed by atoms with Gasteiger partial charge in [-0.15, -0.1) is 0 Å². The number of carboxylic acid groups (broad SMARTS) is 1. The van der Waals surface area contributed by atoms with Gasteiger partial charge in [0.25, 0.3) is 5.91 Å². The molecule has 0 aliphatic heterocycles. The molecule has 0 heterocycles. The quantitative estimate of drug-likeness (QED) is 0.843. The van der Waals surface area contributed by atoms with Crippen LogP contribution in [0.4, 0.5) is 0 Å². The molecule has 2 rings (SSSR count). The van der Waals surface area contributed by atoms with Crippen molar-refractivity contribution in [2.75, 3.05) is 13.2 Å². The maximum atomic E-state index is 11.6. The zero-order chi connectivity index (χ0) is 14.6. The Kier molecular flexibility index (Phi) is 4.49. The molecule has 2 N–H and O–H groups in total. The summed E-state index contributed by atoms with van der Waals surface area (Å²) < 4.78 is 5.28. The molecule has 0 saturated heterocycles. The van der Waals surface area contributed by atoms with Crippen LogP contribution < -0.4 is 10.1 Å². The summed E-state index contributed by atoms with van der Waals surface area (Å²) in [7, 11) is 0. The zero-order valence-electron chi connectivity index (χ0n) is 10.9. The highest BCUT2D eigenvalue weighted by Crippen LogP contribution is 2.40. The number of ether oxygens (including phenoxy) is 1. The van der Waals surface area contributed by atoms with Crippen LogP contribution >= 0.6 is 11.6 Å². The molecule has 0 unspecified atom stereocenters. The van der Waals surface area contributed by atoms with Gasteiger partial charge >= 0.3 is 5.97 Å². The molecule has 20 heavy (non-hydrogen) atoms. The van der Waals surface area contributed by atoms with E-state index in [0.717, 1.165) is 6.42 Å². The van der Waals surface area contributed by atoms with Gasteiger partial charge in [-0.1, -0.05) is 18.0 Å². The van der Waals surface area contributed by atoms with Gasteiger partial charge in [0, 0.05) is 11.6 Å².